The van der Waals surface area contributed by atoms with Crippen molar-refractivity contribution < 1.29 is 19.5 Å². The molecular weight excluding hydrogens is 336 g/mol. The first-order valence-corrected chi connectivity index (χ1v) is 8.84. The highest BCUT2D eigenvalue weighted by atomic mass is 16.4. The van der Waals surface area contributed by atoms with Gasteiger partial charge in [0.05, 0.1) is 18.0 Å². The van der Waals surface area contributed by atoms with E-state index in [4.69, 9.17) is 5.11 Å². The van der Waals surface area contributed by atoms with E-state index in [0.29, 0.717) is 0 Å². The van der Waals surface area contributed by atoms with E-state index in [-0.39, 0.29) is 43.0 Å². The van der Waals surface area contributed by atoms with Gasteiger partial charge in [0.25, 0.3) is 0 Å². The van der Waals surface area contributed by atoms with Crippen LogP contribution in [-0.2, 0) is 9.59 Å². The zero-order chi connectivity index (χ0) is 18.8. The molecule has 2 aliphatic rings. The van der Waals surface area contributed by atoms with Crippen LogP contribution in [0.4, 0.5) is 4.79 Å². The Balaban J connectivity index is 1.74. The minimum Gasteiger partial charge on any atom is -0.481 e. The lowest BCUT2D eigenvalue weighted by Gasteiger charge is -2.30. The number of aliphatic carboxylic acids is 1. The Labute approximate surface area is 152 Å². The Morgan fingerprint density at radius 1 is 1.46 bits per heavy atom. The van der Waals surface area contributed by atoms with Crippen molar-refractivity contribution in [3.63, 3.8) is 0 Å². The number of amides is 3. The van der Waals surface area contributed by atoms with Crippen LogP contribution >= 0.6 is 0 Å². The number of carbonyl (C=O) groups excluding carboxylic acids is 2. The summed E-state index contributed by atoms with van der Waals surface area (Å²) in [5.41, 5.74) is 0.900. The number of nitrogens with one attached hydrogen (secondary N) is 1. The number of rotatable bonds is 6. The highest BCUT2D eigenvalue weighted by molar-refractivity contribution is 5.83. The fraction of sp³-hybridized carbons (Fsp3) is 0.556. The molecule has 1 aliphatic carbocycles. The van der Waals surface area contributed by atoms with Crippen LogP contribution in [0.15, 0.2) is 24.5 Å². The molecule has 3 atom stereocenters. The highest BCUT2D eigenvalue weighted by Crippen LogP contribution is 2.41. The molecule has 1 aliphatic heterocycles. The molecule has 2 fully saturated rings. The van der Waals surface area contributed by atoms with Crippen LogP contribution < -0.4 is 5.32 Å². The third-order valence-corrected chi connectivity index (χ3v) is 4.95. The van der Waals surface area contributed by atoms with Gasteiger partial charge in [-0.3, -0.25) is 14.6 Å². The molecule has 0 aromatic carbocycles. The van der Waals surface area contributed by atoms with E-state index in [1.165, 1.54) is 4.90 Å². The maximum absolute atomic E-state index is 12.5. The van der Waals surface area contributed by atoms with Crippen molar-refractivity contribution >= 4 is 17.9 Å². The summed E-state index contributed by atoms with van der Waals surface area (Å²) in [6, 6.07) is 3.01. The fourth-order valence-corrected chi connectivity index (χ4v) is 3.45. The van der Waals surface area contributed by atoms with E-state index < -0.39 is 11.9 Å². The van der Waals surface area contributed by atoms with Crippen molar-refractivity contribution in [1.29, 1.82) is 0 Å². The third-order valence-electron chi connectivity index (χ3n) is 4.95. The van der Waals surface area contributed by atoms with Gasteiger partial charge in [-0.2, -0.15) is 0 Å². The van der Waals surface area contributed by atoms with E-state index >= 15 is 0 Å². The van der Waals surface area contributed by atoms with Crippen molar-refractivity contribution in [2.75, 3.05) is 13.6 Å². The summed E-state index contributed by atoms with van der Waals surface area (Å²) in [7, 11) is 1.56. The Morgan fingerprint density at radius 2 is 2.19 bits per heavy atom. The van der Waals surface area contributed by atoms with Gasteiger partial charge in [0, 0.05) is 38.4 Å². The summed E-state index contributed by atoms with van der Waals surface area (Å²) < 4.78 is 0. The molecule has 1 unspecified atom stereocenters. The first-order valence-electron chi connectivity index (χ1n) is 8.84. The van der Waals surface area contributed by atoms with Gasteiger partial charge in [-0.25, -0.2) is 4.79 Å². The molecule has 26 heavy (non-hydrogen) atoms. The number of likely N-dealkylation sites (tertiary alicyclic amines) is 1. The Kier molecular flexibility index (Phi) is 5.11. The van der Waals surface area contributed by atoms with Crippen LogP contribution in [0.25, 0.3) is 0 Å². The van der Waals surface area contributed by atoms with Crippen LogP contribution in [0.3, 0.4) is 0 Å². The number of pyridine rings is 1. The van der Waals surface area contributed by atoms with Gasteiger partial charge >= 0.3 is 12.0 Å². The lowest BCUT2D eigenvalue weighted by Crippen LogP contribution is -2.47. The van der Waals surface area contributed by atoms with E-state index in [0.717, 1.165) is 18.4 Å². The molecule has 1 aromatic heterocycles. The van der Waals surface area contributed by atoms with Gasteiger partial charge in [-0.05, 0) is 24.5 Å². The van der Waals surface area contributed by atoms with E-state index in [2.05, 4.69) is 10.3 Å². The molecular formula is C18H24N4O4. The molecule has 1 saturated carbocycles. The fourth-order valence-electron chi connectivity index (χ4n) is 3.45. The normalized spacial score (nSPS) is 23.6. The van der Waals surface area contributed by atoms with Crippen LogP contribution in [0.2, 0.25) is 0 Å². The number of hydrogen-bond acceptors (Lipinski definition) is 4. The molecule has 0 bridgehead atoms. The van der Waals surface area contributed by atoms with Gasteiger partial charge in [0.15, 0.2) is 0 Å². The molecule has 140 valence electrons. The van der Waals surface area contributed by atoms with Crippen molar-refractivity contribution in [2.45, 2.75) is 44.3 Å². The number of carboxylic acids is 1. The average molecular weight is 360 g/mol. The third kappa shape index (κ3) is 3.79. The van der Waals surface area contributed by atoms with Crippen LogP contribution in [-0.4, -0.2) is 63.5 Å². The second-order valence-electron chi connectivity index (χ2n) is 7.14. The molecule has 0 radical (unpaired) electrons. The average Bonchev–Trinajstić information content (AvgIpc) is 3.39. The zero-order valence-electron chi connectivity index (χ0n) is 15.0. The monoisotopic (exact) mass is 360 g/mol. The minimum atomic E-state index is -0.950. The lowest BCUT2D eigenvalue weighted by molar-refractivity contribution is -0.141. The predicted molar refractivity (Wildman–Crippen MR) is 93.2 cm³/mol. The highest BCUT2D eigenvalue weighted by Gasteiger charge is 2.48. The number of nitrogens with zero attached hydrogens (tertiary/aromatic N) is 3. The number of urea groups is 1. The Morgan fingerprint density at radius 3 is 2.77 bits per heavy atom. The SMILES string of the molecule is CC(CN(C)C(=O)N[C@@H]1CC(=O)N(C2CC2)[C@H]1c1cccnc1)C(=O)O. The molecule has 3 rings (SSSR count). The Hall–Kier alpha value is -2.64. The van der Waals surface area contributed by atoms with Crippen LogP contribution in [0, 0.1) is 5.92 Å². The smallest absolute Gasteiger partial charge is 0.317 e. The molecule has 1 aromatic rings. The number of carbonyl (C=O) groups is 3. The van der Waals surface area contributed by atoms with Gasteiger partial charge < -0.3 is 20.2 Å². The van der Waals surface area contributed by atoms with Crippen LogP contribution in [0.5, 0.6) is 0 Å². The van der Waals surface area contributed by atoms with Gasteiger partial charge in [-0.1, -0.05) is 13.0 Å². The zero-order valence-corrected chi connectivity index (χ0v) is 15.0. The molecule has 3 amide bonds. The summed E-state index contributed by atoms with van der Waals surface area (Å²) in [6.45, 7) is 1.66. The second-order valence-corrected chi connectivity index (χ2v) is 7.14. The number of carboxylic acid groups (broad SMARTS) is 1. The Bertz CT molecular complexity index is 692. The summed E-state index contributed by atoms with van der Waals surface area (Å²) in [5.74, 6) is -1.57. The summed E-state index contributed by atoms with van der Waals surface area (Å²) in [6.07, 6.45) is 5.62. The standard InChI is InChI=1S/C18H24N4O4/c1-11(17(24)25)10-21(2)18(26)20-14-8-15(23)22(13-5-6-13)16(14)12-4-3-7-19-9-12/h3-4,7,9,11,13-14,16H,5-6,8,10H2,1-2H3,(H,20,26)(H,24,25)/t11?,14-,16+/m1/s1. The van der Waals surface area contributed by atoms with E-state index in [1.807, 2.05) is 17.0 Å². The first kappa shape index (κ1) is 18.2. The van der Waals surface area contributed by atoms with Crippen molar-refractivity contribution in [1.82, 2.24) is 20.1 Å². The maximum Gasteiger partial charge on any atom is 0.317 e. The van der Waals surface area contributed by atoms with Gasteiger partial charge in [0.1, 0.15) is 0 Å². The van der Waals surface area contributed by atoms with Gasteiger partial charge in [-0.15, -0.1) is 0 Å². The second kappa shape index (κ2) is 7.31. The van der Waals surface area contributed by atoms with Crippen molar-refractivity contribution in [2.24, 2.45) is 5.92 Å². The number of aromatic nitrogens is 1. The van der Waals surface area contributed by atoms with Gasteiger partial charge in [0.2, 0.25) is 5.91 Å². The van der Waals surface area contributed by atoms with E-state index in [9.17, 15) is 14.4 Å². The summed E-state index contributed by atoms with van der Waals surface area (Å²) in [4.78, 5) is 43.4. The van der Waals surface area contributed by atoms with Crippen molar-refractivity contribution in [3.8, 4) is 0 Å². The lowest BCUT2D eigenvalue weighted by atomic mass is 10.0. The summed E-state index contributed by atoms with van der Waals surface area (Å²) in [5, 5.41) is 11.9. The largest absolute Gasteiger partial charge is 0.481 e. The van der Waals surface area contributed by atoms with E-state index in [1.54, 1.807) is 26.4 Å². The minimum absolute atomic E-state index is 0.0354. The van der Waals surface area contributed by atoms with Crippen LogP contribution in [0.1, 0.15) is 37.8 Å². The molecule has 2 N–H and O–H groups in total. The number of hydrogen-bond donors (Lipinski definition) is 2. The van der Waals surface area contributed by atoms with Crippen molar-refractivity contribution in [3.05, 3.63) is 30.1 Å². The quantitative estimate of drug-likeness (QED) is 0.795. The predicted octanol–water partition coefficient (Wildman–Crippen LogP) is 1.25. The topological polar surface area (TPSA) is 103 Å². The maximum atomic E-state index is 12.5. The molecule has 0 spiro atoms. The molecule has 1 saturated heterocycles. The molecule has 8 nitrogen and oxygen atoms in total. The molecule has 2 heterocycles. The first-order chi connectivity index (χ1) is 12.4. The summed E-state index contributed by atoms with van der Waals surface area (Å²) >= 11 is 0. The molecule has 8 heteroatoms.